The predicted molar refractivity (Wildman–Crippen MR) is 115 cm³/mol. The third-order valence-electron chi connectivity index (χ3n) is 4.11. The highest BCUT2D eigenvalue weighted by atomic mass is 127. The van der Waals surface area contributed by atoms with Crippen LogP contribution >= 0.6 is 24.0 Å². The molecular formula is C16H28IN5O5S. The molecule has 28 heavy (non-hydrogen) atoms. The van der Waals surface area contributed by atoms with Crippen LogP contribution in [-0.2, 0) is 25.3 Å². The van der Waals surface area contributed by atoms with Gasteiger partial charge in [-0.25, -0.2) is 8.42 Å². The fourth-order valence-corrected chi connectivity index (χ4v) is 4.19. The van der Waals surface area contributed by atoms with Crippen molar-refractivity contribution in [3.63, 3.8) is 0 Å². The van der Waals surface area contributed by atoms with Crippen LogP contribution < -0.4 is 5.32 Å². The van der Waals surface area contributed by atoms with Crippen molar-refractivity contribution in [2.75, 3.05) is 46.4 Å². The molecule has 10 nitrogen and oxygen atoms in total. The summed E-state index contributed by atoms with van der Waals surface area (Å²) in [6, 6.07) is 1.55. The van der Waals surface area contributed by atoms with Gasteiger partial charge < -0.3 is 19.5 Å². The van der Waals surface area contributed by atoms with Crippen LogP contribution in [0.2, 0.25) is 0 Å². The maximum atomic E-state index is 12.5. The van der Waals surface area contributed by atoms with Crippen molar-refractivity contribution in [2.24, 2.45) is 4.99 Å². The molecule has 0 bridgehead atoms. The van der Waals surface area contributed by atoms with Gasteiger partial charge in [-0.3, -0.25) is 9.79 Å². The van der Waals surface area contributed by atoms with Crippen LogP contribution in [0.1, 0.15) is 25.5 Å². The van der Waals surface area contributed by atoms with E-state index >= 15 is 0 Å². The summed E-state index contributed by atoms with van der Waals surface area (Å²) in [5, 5.41) is 6.87. The molecule has 1 saturated heterocycles. The topological polar surface area (TPSA) is 117 Å². The van der Waals surface area contributed by atoms with Gasteiger partial charge in [-0.05, 0) is 13.3 Å². The first-order valence-electron chi connectivity index (χ1n) is 8.94. The van der Waals surface area contributed by atoms with Crippen LogP contribution in [-0.4, -0.2) is 81.1 Å². The third-order valence-corrected chi connectivity index (χ3v) is 5.92. The summed E-state index contributed by atoms with van der Waals surface area (Å²) in [5.74, 6) is 0.331. The summed E-state index contributed by atoms with van der Waals surface area (Å²) in [6.07, 6.45) is 2.36. The van der Waals surface area contributed by atoms with E-state index in [2.05, 4.69) is 15.5 Å². The minimum Gasteiger partial charge on any atom is -0.466 e. The number of guanidine groups is 1. The van der Waals surface area contributed by atoms with Crippen molar-refractivity contribution < 1.29 is 22.5 Å². The van der Waals surface area contributed by atoms with Crippen molar-refractivity contribution in [3.05, 3.63) is 18.0 Å². The number of rotatable bonds is 8. The van der Waals surface area contributed by atoms with Crippen LogP contribution in [0.15, 0.2) is 21.8 Å². The van der Waals surface area contributed by atoms with Crippen LogP contribution in [0.5, 0.6) is 0 Å². The fraction of sp³-hybridized carbons (Fsp3) is 0.688. The first-order chi connectivity index (χ1) is 13.0. The van der Waals surface area contributed by atoms with Crippen molar-refractivity contribution in [1.82, 2.24) is 19.7 Å². The normalized spacial score (nSPS) is 15.8. The molecule has 2 heterocycles. The van der Waals surface area contributed by atoms with E-state index in [-0.39, 0.29) is 35.7 Å². The second-order valence-electron chi connectivity index (χ2n) is 6.02. The van der Waals surface area contributed by atoms with Gasteiger partial charge in [0.2, 0.25) is 10.0 Å². The Labute approximate surface area is 182 Å². The molecule has 1 aromatic heterocycles. The summed E-state index contributed by atoms with van der Waals surface area (Å²) < 4.78 is 36.0. The summed E-state index contributed by atoms with van der Waals surface area (Å²) in [6.45, 7) is 4.59. The molecule has 12 heteroatoms. The zero-order valence-electron chi connectivity index (χ0n) is 16.2. The molecule has 0 amide bonds. The number of nitrogens with zero attached hydrogens (tertiary/aromatic N) is 4. The minimum absolute atomic E-state index is 0. The maximum Gasteiger partial charge on any atom is 0.305 e. The Morgan fingerprint density at radius 2 is 2.07 bits per heavy atom. The standard InChI is InChI=1S/C16H27N5O5S.HI/c1-3-25-15(22)5-4-7-18-16(17-2)20-8-10-21(11-9-20)27(23,24)13-14-6-12-26-19-14;/h6,12H,3-5,7-11,13H2,1-2H3,(H,17,18);1H. The molecule has 0 aromatic carbocycles. The molecule has 0 radical (unpaired) electrons. The SMILES string of the molecule is CCOC(=O)CCCNC(=NC)N1CCN(S(=O)(=O)Cc2ccon2)CC1.I. The number of carbonyl (C=O) groups is 1. The number of ether oxygens (including phenoxy) is 1. The Balaban J connectivity index is 0.00000392. The average Bonchev–Trinajstić information content (AvgIpc) is 3.14. The Bertz CT molecular complexity index is 718. The molecule has 0 unspecified atom stereocenters. The zero-order valence-corrected chi connectivity index (χ0v) is 19.3. The van der Waals surface area contributed by atoms with E-state index in [1.165, 1.54) is 10.6 Å². The quantitative estimate of drug-likeness (QED) is 0.172. The number of hydrogen-bond donors (Lipinski definition) is 1. The van der Waals surface area contributed by atoms with Gasteiger partial charge in [0.25, 0.3) is 0 Å². The molecular weight excluding hydrogens is 501 g/mol. The molecule has 1 aliphatic heterocycles. The maximum absolute atomic E-state index is 12.5. The molecule has 1 N–H and O–H groups in total. The van der Waals surface area contributed by atoms with Crippen molar-refractivity contribution >= 4 is 45.9 Å². The highest BCUT2D eigenvalue weighted by Crippen LogP contribution is 2.12. The molecule has 0 atom stereocenters. The van der Waals surface area contributed by atoms with Gasteiger partial charge in [-0.2, -0.15) is 4.31 Å². The second kappa shape index (κ2) is 12.2. The van der Waals surface area contributed by atoms with Crippen molar-refractivity contribution in [1.29, 1.82) is 0 Å². The van der Waals surface area contributed by atoms with E-state index in [9.17, 15) is 13.2 Å². The highest BCUT2D eigenvalue weighted by Gasteiger charge is 2.28. The molecule has 2 rings (SSSR count). The number of halogens is 1. The first-order valence-corrected chi connectivity index (χ1v) is 10.6. The number of aromatic nitrogens is 1. The number of esters is 1. The van der Waals surface area contributed by atoms with E-state index in [1.54, 1.807) is 20.0 Å². The second-order valence-corrected chi connectivity index (χ2v) is 7.98. The average molecular weight is 529 g/mol. The number of piperazine rings is 1. The lowest BCUT2D eigenvalue weighted by atomic mass is 10.3. The molecule has 1 aliphatic rings. The Morgan fingerprint density at radius 1 is 1.36 bits per heavy atom. The van der Waals surface area contributed by atoms with Gasteiger partial charge in [0.1, 0.15) is 12.0 Å². The van der Waals surface area contributed by atoms with E-state index in [0.29, 0.717) is 63.8 Å². The Morgan fingerprint density at radius 3 is 2.64 bits per heavy atom. The van der Waals surface area contributed by atoms with Crippen molar-refractivity contribution in [3.8, 4) is 0 Å². The van der Waals surface area contributed by atoms with Gasteiger partial charge in [0, 0.05) is 52.3 Å². The Hall–Kier alpha value is -1.41. The predicted octanol–water partition coefficient (Wildman–Crippen LogP) is 0.659. The van der Waals surface area contributed by atoms with E-state index < -0.39 is 10.0 Å². The lowest BCUT2D eigenvalue weighted by Gasteiger charge is -2.35. The van der Waals surface area contributed by atoms with E-state index in [0.717, 1.165) is 0 Å². The van der Waals surface area contributed by atoms with Gasteiger partial charge >= 0.3 is 5.97 Å². The van der Waals surface area contributed by atoms with Crippen molar-refractivity contribution in [2.45, 2.75) is 25.5 Å². The van der Waals surface area contributed by atoms with Gasteiger partial charge in [0.05, 0.1) is 12.3 Å². The smallest absolute Gasteiger partial charge is 0.305 e. The largest absolute Gasteiger partial charge is 0.466 e. The lowest BCUT2D eigenvalue weighted by molar-refractivity contribution is -0.143. The molecule has 0 saturated carbocycles. The lowest BCUT2D eigenvalue weighted by Crippen LogP contribution is -2.54. The summed E-state index contributed by atoms with van der Waals surface area (Å²) in [4.78, 5) is 17.6. The summed E-state index contributed by atoms with van der Waals surface area (Å²) in [5.41, 5.74) is 0.400. The molecule has 1 aromatic rings. The molecule has 1 fully saturated rings. The van der Waals surface area contributed by atoms with E-state index in [1.807, 2.05) is 4.90 Å². The summed E-state index contributed by atoms with van der Waals surface area (Å²) in [7, 11) is -1.74. The number of hydrogen-bond acceptors (Lipinski definition) is 7. The van der Waals surface area contributed by atoms with Crippen LogP contribution in [0.4, 0.5) is 0 Å². The van der Waals surface area contributed by atoms with Gasteiger partial charge in [-0.15, -0.1) is 24.0 Å². The van der Waals surface area contributed by atoms with Crippen LogP contribution in [0, 0.1) is 0 Å². The molecule has 0 aliphatic carbocycles. The minimum atomic E-state index is -3.43. The highest BCUT2D eigenvalue weighted by molar-refractivity contribution is 14.0. The van der Waals surface area contributed by atoms with Crippen LogP contribution in [0.25, 0.3) is 0 Å². The third kappa shape index (κ3) is 7.54. The fourth-order valence-electron chi connectivity index (χ4n) is 2.77. The molecule has 0 spiro atoms. The Kier molecular flexibility index (Phi) is 10.7. The first kappa shape index (κ1) is 24.6. The summed E-state index contributed by atoms with van der Waals surface area (Å²) >= 11 is 0. The monoisotopic (exact) mass is 529 g/mol. The number of nitrogens with one attached hydrogen (secondary N) is 1. The zero-order chi connectivity index (χ0) is 19.7. The van der Waals surface area contributed by atoms with Crippen LogP contribution in [0.3, 0.4) is 0 Å². The number of aliphatic imine (C=N–C) groups is 1. The van der Waals surface area contributed by atoms with Gasteiger partial charge in [-0.1, -0.05) is 5.16 Å². The number of carbonyl (C=O) groups excluding carboxylic acids is 1. The van der Waals surface area contributed by atoms with E-state index in [4.69, 9.17) is 9.26 Å². The number of sulfonamides is 1. The molecule has 160 valence electrons. The van der Waals surface area contributed by atoms with Gasteiger partial charge in [0.15, 0.2) is 5.96 Å².